The summed E-state index contributed by atoms with van der Waals surface area (Å²) in [6.45, 7) is 3.01. The molecule has 11 nitrogen and oxygen atoms in total. The Labute approximate surface area is 199 Å². The van der Waals surface area contributed by atoms with E-state index in [2.05, 4.69) is 17.8 Å². The van der Waals surface area contributed by atoms with Crippen LogP contribution in [0.3, 0.4) is 0 Å². The van der Waals surface area contributed by atoms with Gasteiger partial charge in [-0.2, -0.15) is 0 Å². The summed E-state index contributed by atoms with van der Waals surface area (Å²) < 4.78 is 46.5. The van der Waals surface area contributed by atoms with E-state index in [4.69, 9.17) is 19.3 Å². The molecule has 0 spiro atoms. The van der Waals surface area contributed by atoms with Crippen LogP contribution >= 0.6 is 7.75 Å². The first-order chi connectivity index (χ1) is 16.5. The van der Waals surface area contributed by atoms with Crippen molar-refractivity contribution in [3.05, 3.63) is 62.8 Å². The zero-order valence-electron chi connectivity index (χ0n) is 19.3. The molecule has 13 heteroatoms. The minimum atomic E-state index is -4.28. The molecule has 188 valence electrons. The van der Waals surface area contributed by atoms with Crippen molar-refractivity contribution in [2.24, 2.45) is 18.5 Å². The fourth-order valence-electron chi connectivity index (χ4n) is 3.87. The van der Waals surface area contributed by atoms with Gasteiger partial charge in [-0.05, 0) is 25.1 Å². The van der Waals surface area contributed by atoms with Gasteiger partial charge in [0.25, 0.3) is 5.56 Å². The number of fused-ring (bicyclic) bond motifs is 1. The number of aromatic nitrogens is 3. The van der Waals surface area contributed by atoms with E-state index >= 15 is 0 Å². The molecule has 3 unspecified atom stereocenters. The number of aliphatic hydroxyl groups is 1. The number of aryl methyl sites for hydroxylation is 2. The van der Waals surface area contributed by atoms with E-state index < -0.39 is 55.8 Å². The number of halogens is 1. The van der Waals surface area contributed by atoms with E-state index in [0.717, 1.165) is 16.3 Å². The average molecular weight is 508 g/mol. The molecule has 2 aromatic heterocycles. The fourth-order valence-corrected chi connectivity index (χ4v) is 4.70. The maximum atomic E-state index is 14.9. The van der Waals surface area contributed by atoms with Gasteiger partial charge in [0.15, 0.2) is 11.6 Å². The van der Waals surface area contributed by atoms with Crippen molar-refractivity contribution < 1.29 is 27.8 Å². The Balaban J connectivity index is 0.00000167. The Morgan fingerprint density at radius 3 is 2.66 bits per heavy atom. The fraction of sp³-hybridized carbons (Fsp3) is 0.364. The van der Waals surface area contributed by atoms with Gasteiger partial charge in [-0.15, -0.1) is 12.8 Å². The Morgan fingerprint density at radius 1 is 1.31 bits per heavy atom. The number of nitrogens with two attached hydrogens (primary N) is 1. The Kier molecular flexibility index (Phi) is 7.69. The third-order valence-electron chi connectivity index (χ3n) is 5.82. The van der Waals surface area contributed by atoms with Gasteiger partial charge >= 0.3 is 13.4 Å². The molecule has 0 aliphatic carbocycles. The van der Waals surface area contributed by atoms with Gasteiger partial charge in [-0.3, -0.25) is 18.9 Å². The first-order valence-electron chi connectivity index (χ1n) is 10.4. The van der Waals surface area contributed by atoms with Gasteiger partial charge in [-0.1, -0.05) is 6.92 Å². The van der Waals surface area contributed by atoms with Gasteiger partial charge in [0.1, 0.15) is 12.3 Å². The minimum absolute atomic E-state index is 0.282. The number of hydrogen-bond acceptors (Lipinski definition) is 7. The van der Waals surface area contributed by atoms with E-state index in [1.165, 1.54) is 12.3 Å². The summed E-state index contributed by atoms with van der Waals surface area (Å²) in [4.78, 5) is 25.4. The summed E-state index contributed by atoms with van der Waals surface area (Å²) in [5.74, 6) is -1.63. The molecule has 5 atom stereocenters. The Morgan fingerprint density at radius 2 is 2.00 bits per heavy atom. The van der Waals surface area contributed by atoms with Gasteiger partial charge in [0.05, 0.1) is 18.2 Å². The smallest absolute Gasteiger partial charge is 0.410 e. The topological polar surface area (TPSA) is 151 Å². The zero-order valence-corrected chi connectivity index (χ0v) is 20.1. The molecule has 0 radical (unpaired) electrons. The molecule has 1 saturated heterocycles. The van der Waals surface area contributed by atoms with Crippen molar-refractivity contribution in [3.8, 4) is 18.6 Å². The summed E-state index contributed by atoms with van der Waals surface area (Å²) in [6.07, 6.45) is 6.24. The lowest BCUT2D eigenvalue weighted by Gasteiger charge is -2.19. The van der Waals surface area contributed by atoms with Crippen LogP contribution in [0.1, 0.15) is 18.8 Å². The third kappa shape index (κ3) is 5.24. The molecule has 3 aromatic rings. The van der Waals surface area contributed by atoms with Crippen molar-refractivity contribution in [3.63, 3.8) is 0 Å². The van der Waals surface area contributed by atoms with Gasteiger partial charge in [0, 0.05) is 36.3 Å². The van der Waals surface area contributed by atoms with Crippen molar-refractivity contribution in [1.82, 2.24) is 14.1 Å². The summed E-state index contributed by atoms with van der Waals surface area (Å²) >= 11 is 0. The molecule has 0 bridgehead atoms. The first kappa shape index (κ1) is 26.4. The molecular formula is C22H26FN4O7P. The zero-order chi connectivity index (χ0) is 26.1. The number of ether oxygens (including phenoxy) is 1. The maximum Gasteiger partial charge on any atom is 0.456 e. The maximum absolute atomic E-state index is 14.9. The standard InChI is InChI=1S/C20H24FN4O7P.C2H2/c1-10-8-12-13(24(10)3)4-5-14(17(12)21)32-33(22,29)30-9-15-18(27)11(2)19(31-15)25-7-6-16(26)23-20(25)28;1-2/h4-8,11,15,18-19,27H,9H2,1-3H3,(H2,22,29)(H,23,26,28);1-2H/t11?,15?,18-,19?,33-;/m0./s1. The first-order valence-corrected chi connectivity index (χ1v) is 12.1. The van der Waals surface area contributed by atoms with E-state index in [-0.39, 0.29) is 11.1 Å². The monoisotopic (exact) mass is 508 g/mol. The number of terminal acetylenes is 1. The second-order valence-electron chi connectivity index (χ2n) is 8.01. The molecule has 1 aliphatic rings. The molecule has 0 saturated carbocycles. The van der Waals surface area contributed by atoms with E-state index in [1.54, 1.807) is 30.7 Å². The molecule has 0 amide bonds. The molecule has 3 heterocycles. The van der Waals surface area contributed by atoms with Crippen molar-refractivity contribution in [2.75, 3.05) is 6.61 Å². The average Bonchev–Trinajstić information content (AvgIpc) is 3.26. The van der Waals surface area contributed by atoms with E-state index in [9.17, 15) is 23.7 Å². The Hall–Kier alpha value is -3.20. The number of aliphatic hydroxyl groups excluding tert-OH is 1. The number of benzene rings is 1. The number of rotatable bonds is 6. The number of H-pyrrole nitrogens is 1. The van der Waals surface area contributed by atoms with Crippen LogP contribution in [0.25, 0.3) is 10.9 Å². The number of aromatic amines is 1. The molecule has 1 aliphatic heterocycles. The summed E-state index contributed by atoms with van der Waals surface area (Å²) in [5, 5.41) is 10.8. The predicted molar refractivity (Wildman–Crippen MR) is 126 cm³/mol. The quantitative estimate of drug-likeness (QED) is 0.337. The number of nitrogens with zero attached hydrogens (tertiary/aromatic N) is 2. The van der Waals surface area contributed by atoms with Crippen molar-refractivity contribution in [1.29, 1.82) is 0 Å². The highest BCUT2D eigenvalue weighted by molar-refractivity contribution is 7.51. The van der Waals surface area contributed by atoms with Crippen LogP contribution in [0.4, 0.5) is 4.39 Å². The largest absolute Gasteiger partial charge is 0.456 e. The summed E-state index contributed by atoms with van der Waals surface area (Å²) in [5.41, 5.74) is 5.83. The van der Waals surface area contributed by atoms with Crippen molar-refractivity contribution in [2.45, 2.75) is 32.3 Å². The second kappa shape index (κ2) is 10.2. The third-order valence-corrected chi connectivity index (χ3v) is 6.78. The van der Waals surface area contributed by atoms with Crippen molar-refractivity contribution >= 4 is 18.6 Å². The lowest BCUT2D eigenvalue weighted by atomic mass is 10.0. The molecule has 4 N–H and O–H groups in total. The van der Waals surface area contributed by atoms with Crippen LogP contribution in [0.2, 0.25) is 0 Å². The molecule has 4 rings (SSSR count). The predicted octanol–water partition coefficient (Wildman–Crippen LogP) is 1.78. The normalized spacial score (nSPS) is 23.4. The SMILES string of the molecule is C#C.Cc1cc2c(F)c(O[P@@](N)(=O)OCC3OC(n4ccc(=O)[nH]c4=O)C(C)[C@@H]3O)ccc2n1C. The minimum Gasteiger partial charge on any atom is -0.410 e. The van der Waals surface area contributed by atoms with E-state index in [0.29, 0.717) is 5.52 Å². The second-order valence-corrected chi connectivity index (χ2v) is 9.53. The number of hydrogen-bond donors (Lipinski definition) is 3. The lowest BCUT2D eigenvalue weighted by Crippen LogP contribution is -2.33. The van der Waals surface area contributed by atoms with Crippen LogP contribution in [0, 0.1) is 31.5 Å². The highest BCUT2D eigenvalue weighted by Gasteiger charge is 2.43. The van der Waals surface area contributed by atoms with E-state index in [1.807, 2.05) is 6.92 Å². The Bertz CT molecular complexity index is 1410. The van der Waals surface area contributed by atoms with Crippen LogP contribution in [-0.4, -0.2) is 38.0 Å². The lowest BCUT2D eigenvalue weighted by molar-refractivity contribution is -0.0441. The van der Waals surface area contributed by atoms with Crippen LogP contribution in [-0.2, 0) is 20.9 Å². The number of nitrogens with one attached hydrogen (secondary N) is 1. The molecule has 1 aromatic carbocycles. The molecule has 35 heavy (non-hydrogen) atoms. The van der Waals surface area contributed by atoms with Gasteiger partial charge < -0.3 is 18.9 Å². The van der Waals surface area contributed by atoms with Crippen LogP contribution in [0.5, 0.6) is 5.75 Å². The highest BCUT2D eigenvalue weighted by Crippen LogP contribution is 2.44. The summed E-state index contributed by atoms with van der Waals surface area (Å²) in [7, 11) is -2.50. The van der Waals surface area contributed by atoms with Crippen LogP contribution in [0.15, 0.2) is 40.1 Å². The van der Waals surface area contributed by atoms with Gasteiger partial charge in [-0.25, -0.2) is 19.3 Å². The van der Waals surface area contributed by atoms with Gasteiger partial charge in [0.2, 0.25) is 0 Å². The summed E-state index contributed by atoms with van der Waals surface area (Å²) in [6, 6.07) is 5.69. The highest BCUT2D eigenvalue weighted by atomic mass is 31.2. The van der Waals surface area contributed by atoms with Crippen LogP contribution < -0.4 is 21.3 Å². The molecular weight excluding hydrogens is 482 g/mol. The molecule has 1 fully saturated rings.